The van der Waals surface area contributed by atoms with Crippen molar-refractivity contribution in [2.75, 3.05) is 5.32 Å². The highest BCUT2D eigenvalue weighted by Gasteiger charge is 2.03. The zero-order valence-corrected chi connectivity index (χ0v) is 10.8. The van der Waals surface area contributed by atoms with E-state index in [9.17, 15) is 4.79 Å². The first-order valence-electron chi connectivity index (χ1n) is 6.08. The quantitative estimate of drug-likeness (QED) is 0.855. The van der Waals surface area contributed by atoms with Crippen LogP contribution >= 0.6 is 0 Å². The van der Waals surface area contributed by atoms with Crippen molar-refractivity contribution in [3.63, 3.8) is 0 Å². The SMILES string of the molecule is CC(=O)Nc1ccccc1CNCc1cccnn1. The number of hydrogen-bond donors (Lipinski definition) is 2. The Morgan fingerprint density at radius 2 is 2.00 bits per heavy atom. The van der Waals surface area contributed by atoms with Gasteiger partial charge in [0.05, 0.1) is 5.69 Å². The van der Waals surface area contributed by atoms with Gasteiger partial charge in [-0.15, -0.1) is 0 Å². The summed E-state index contributed by atoms with van der Waals surface area (Å²) >= 11 is 0. The molecule has 0 fully saturated rings. The fourth-order valence-electron chi connectivity index (χ4n) is 1.74. The summed E-state index contributed by atoms with van der Waals surface area (Å²) in [7, 11) is 0. The molecular formula is C14H16N4O. The van der Waals surface area contributed by atoms with Gasteiger partial charge in [-0.2, -0.15) is 10.2 Å². The predicted octanol–water partition coefficient (Wildman–Crippen LogP) is 1.72. The minimum atomic E-state index is -0.0682. The number of aromatic nitrogens is 2. The van der Waals surface area contributed by atoms with Crippen LogP contribution < -0.4 is 10.6 Å². The van der Waals surface area contributed by atoms with Gasteiger partial charge < -0.3 is 10.6 Å². The Balaban J connectivity index is 1.94. The van der Waals surface area contributed by atoms with Gasteiger partial charge in [0.2, 0.25) is 5.91 Å². The second-order valence-corrected chi connectivity index (χ2v) is 4.16. The van der Waals surface area contributed by atoms with E-state index in [2.05, 4.69) is 20.8 Å². The number of nitrogens with zero attached hydrogens (tertiary/aromatic N) is 2. The molecular weight excluding hydrogens is 240 g/mol. The molecule has 0 aliphatic rings. The van der Waals surface area contributed by atoms with E-state index in [1.165, 1.54) is 6.92 Å². The van der Waals surface area contributed by atoms with Crippen LogP contribution in [0.25, 0.3) is 0 Å². The van der Waals surface area contributed by atoms with Crippen molar-refractivity contribution in [2.24, 2.45) is 0 Å². The largest absolute Gasteiger partial charge is 0.326 e. The third kappa shape index (κ3) is 4.15. The van der Waals surface area contributed by atoms with E-state index in [0.717, 1.165) is 16.9 Å². The van der Waals surface area contributed by atoms with E-state index in [4.69, 9.17) is 0 Å². The number of carbonyl (C=O) groups excluding carboxylic acids is 1. The average molecular weight is 256 g/mol. The summed E-state index contributed by atoms with van der Waals surface area (Å²) in [5.41, 5.74) is 2.77. The lowest BCUT2D eigenvalue weighted by Crippen LogP contribution is -2.16. The number of anilines is 1. The molecule has 0 aliphatic heterocycles. The van der Waals surface area contributed by atoms with Crippen LogP contribution in [0.5, 0.6) is 0 Å². The van der Waals surface area contributed by atoms with Crippen molar-refractivity contribution in [1.82, 2.24) is 15.5 Å². The summed E-state index contributed by atoms with van der Waals surface area (Å²) in [4.78, 5) is 11.1. The summed E-state index contributed by atoms with van der Waals surface area (Å²) < 4.78 is 0. The fourth-order valence-corrected chi connectivity index (χ4v) is 1.74. The summed E-state index contributed by atoms with van der Waals surface area (Å²) in [6, 6.07) is 11.5. The molecule has 2 aromatic rings. The molecule has 0 bridgehead atoms. The van der Waals surface area contributed by atoms with Crippen molar-refractivity contribution in [3.8, 4) is 0 Å². The number of para-hydroxylation sites is 1. The maximum absolute atomic E-state index is 11.1. The molecule has 1 heterocycles. The second kappa shape index (κ2) is 6.61. The Labute approximate surface area is 112 Å². The van der Waals surface area contributed by atoms with Gasteiger partial charge in [-0.05, 0) is 23.8 Å². The van der Waals surface area contributed by atoms with E-state index in [-0.39, 0.29) is 5.91 Å². The van der Waals surface area contributed by atoms with Crippen molar-refractivity contribution < 1.29 is 4.79 Å². The third-order valence-corrected chi connectivity index (χ3v) is 2.58. The van der Waals surface area contributed by atoms with Crippen LogP contribution in [0.1, 0.15) is 18.2 Å². The van der Waals surface area contributed by atoms with E-state index < -0.39 is 0 Å². The van der Waals surface area contributed by atoms with Crippen LogP contribution in [-0.4, -0.2) is 16.1 Å². The van der Waals surface area contributed by atoms with Gasteiger partial charge in [0.25, 0.3) is 0 Å². The van der Waals surface area contributed by atoms with Gasteiger partial charge in [-0.25, -0.2) is 0 Å². The molecule has 2 N–H and O–H groups in total. The zero-order valence-electron chi connectivity index (χ0n) is 10.8. The summed E-state index contributed by atoms with van der Waals surface area (Å²) in [5.74, 6) is -0.0682. The smallest absolute Gasteiger partial charge is 0.221 e. The van der Waals surface area contributed by atoms with Crippen LogP contribution in [-0.2, 0) is 17.9 Å². The van der Waals surface area contributed by atoms with Crippen LogP contribution in [0.4, 0.5) is 5.69 Å². The average Bonchev–Trinajstić information content (AvgIpc) is 2.41. The Morgan fingerprint density at radius 3 is 2.74 bits per heavy atom. The van der Waals surface area contributed by atoms with Crippen LogP contribution in [0.3, 0.4) is 0 Å². The minimum absolute atomic E-state index is 0.0682. The molecule has 0 unspecified atom stereocenters. The first-order valence-corrected chi connectivity index (χ1v) is 6.08. The van der Waals surface area contributed by atoms with Gasteiger partial charge in [0, 0.05) is 31.9 Å². The standard InChI is InChI=1S/C14H16N4O/c1-11(19)17-14-7-3-2-5-12(14)9-15-10-13-6-4-8-16-18-13/h2-8,15H,9-10H2,1H3,(H,17,19). The van der Waals surface area contributed by atoms with Gasteiger partial charge in [0.1, 0.15) is 0 Å². The van der Waals surface area contributed by atoms with Crippen molar-refractivity contribution in [2.45, 2.75) is 20.0 Å². The second-order valence-electron chi connectivity index (χ2n) is 4.16. The lowest BCUT2D eigenvalue weighted by molar-refractivity contribution is -0.114. The highest BCUT2D eigenvalue weighted by Crippen LogP contribution is 2.14. The lowest BCUT2D eigenvalue weighted by atomic mass is 10.1. The van der Waals surface area contributed by atoms with Gasteiger partial charge in [-0.1, -0.05) is 18.2 Å². The molecule has 1 amide bonds. The molecule has 5 heteroatoms. The zero-order chi connectivity index (χ0) is 13.5. The predicted molar refractivity (Wildman–Crippen MR) is 73.3 cm³/mol. The number of carbonyl (C=O) groups is 1. The molecule has 0 saturated heterocycles. The summed E-state index contributed by atoms with van der Waals surface area (Å²) in [5, 5.41) is 13.9. The van der Waals surface area contributed by atoms with Gasteiger partial charge in [0.15, 0.2) is 0 Å². The number of hydrogen-bond acceptors (Lipinski definition) is 4. The Hall–Kier alpha value is -2.27. The molecule has 0 atom stereocenters. The third-order valence-electron chi connectivity index (χ3n) is 2.58. The maximum Gasteiger partial charge on any atom is 0.221 e. The Bertz CT molecular complexity index is 542. The van der Waals surface area contributed by atoms with E-state index in [0.29, 0.717) is 13.1 Å². The molecule has 19 heavy (non-hydrogen) atoms. The Kier molecular flexibility index (Phi) is 4.58. The topological polar surface area (TPSA) is 66.9 Å². The lowest BCUT2D eigenvalue weighted by Gasteiger charge is -2.10. The van der Waals surface area contributed by atoms with Gasteiger partial charge >= 0.3 is 0 Å². The normalized spacial score (nSPS) is 10.2. The van der Waals surface area contributed by atoms with Crippen molar-refractivity contribution in [3.05, 3.63) is 53.9 Å². The number of benzene rings is 1. The van der Waals surface area contributed by atoms with Gasteiger partial charge in [-0.3, -0.25) is 4.79 Å². The molecule has 98 valence electrons. The van der Waals surface area contributed by atoms with E-state index in [1.807, 2.05) is 36.4 Å². The van der Waals surface area contributed by atoms with Crippen LogP contribution in [0.15, 0.2) is 42.6 Å². The molecule has 0 saturated carbocycles. The highest BCUT2D eigenvalue weighted by atomic mass is 16.1. The molecule has 0 aliphatic carbocycles. The van der Waals surface area contributed by atoms with Crippen molar-refractivity contribution in [1.29, 1.82) is 0 Å². The fraction of sp³-hybridized carbons (Fsp3) is 0.214. The van der Waals surface area contributed by atoms with Crippen molar-refractivity contribution >= 4 is 11.6 Å². The van der Waals surface area contributed by atoms with Crippen LogP contribution in [0, 0.1) is 0 Å². The highest BCUT2D eigenvalue weighted by molar-refractivity contribution is 5.89. The van der Waals surface area contributed by atoms with E-state index >= 15 is 0 Å². The molecule has 1 aromatic heterocycles. The molecule has 0 radical (unpaired) electrons. The number of nitrogens with one attached hydrogen (secondary N) is 2. The van der Waals surface area contributed by atoms with E-state index in [1.54, 1.807) is 6.20 Å². The first-order chi connectivity index (χ1) is 9.25. The maximum atomic E-state index is 11.1. The molecule has 1 aromatic carbocycles. The summed E-state index contributed by atoms with van der Waals surface area (Å²) in [6.07, 6.45) is 1.65. The number of rotatable bonds is 5. The molecule has 0 spiro atoms. The van der Waals surface area contributed by atoms with Crippen LogP contribution in [0.2, 0.25) is 0 Å². The molecule has 5 nitrogen and oxygen atoms in total. The minimum Gasteiger partial charge on any atom is -0.326 e. The Morgan fingerprint density at radius 1 is 1.16 bits per heavy atom. The summed E-state index contributed by atoms with van der Waals surface area (Å²) in [6.45, 7) is 2.80. The molecule has 2 rings (SSSR count). The monoisotopic (exact) mass is 256 g/mol. The number of amides is 1. The first kappa shape index (κ1) is 13.2.